The minimum Gasteiger partial charge on any atom is -0.426 e. The molecule has 0 spiro atoms. The minimum atomic E-state index is -0.181. The summed E-state index contributed by atoms with van der Waals surface area (Å²) < 4.78 is 0.753. The Morgan fingerprint density at radius 1 is 1.47 bits per heavy atom. The maximum atomic E-state index is 9.73. The van der Waals surface area contributed by atoms with E-state index in [9.17, 15) is 5.21 Å². The van der Waals surface area contributed by atoms with E-state index in [2.05, 4.69) is 0 Å². The molecule has 15 heavy (non-hydrogen) atoms. The topological polar surface area (TPSA) is 72.8 Å². The van der Waals surface area contributed by atoms with Gasteiger partial charge < -0.3 is 5.21 Å². The van der Waals surface area contributed by atoms with E-state index in [1.807, 2.05) is 25.1 Å². The van der Waals surface area contributed by atoms with Crippen molar-refractivity contribution in [2.45, 2.75) is 6.92 Å². The molecule has 0 aliphatic rings. The molecule has 1 aromatic heterocycles. The van der Waals surface area contributed by atoms with E-state index >= 15 is 0 Å². The second-order valence-electron chi connectivity index (χ2n) is 3.34. The van der Waals surface area contributed by atoms with Crippen LogP contribution in [0.4, 0.5) is 0 Å². The fraction of sp³-hybridized carbons (Fsp3) is 0.0909. The molecular formula is C11H9N3O. The summed E-state index contributed by atoms with van der Waals surface area (Å²) in [5.74, 6) is 0. The molecule has 0 saturated heterocycles. The monoisotopic (exact) mass is 199 g/mol. The van der Waals surface area contributed by atoms with Crippen LogP contribution in [0.25, 0.3) is 10.9 Å². The van der Waals surface area contributed by atoms with Crippen LogP contribution in [0.3, 0.4) is 0 Å². The van der Waals surface area contributed by atoms with E-state index < -0.39 is 0 Å². The zero-order valence-corrected chi connectivity index (χ0v) is 8.15. The average Bonchev–Trinajstić information content (AvgIpc) is 2.23. The van der Waals surface area contributed by atoms with Crippen molar-refractivity contribution in [2.24, 2.45) is 0 Å². The quantitative estimate of drug-likeness (QED) is 0.631. The summed E-state index contributed by atoms with van der Waals surface area (Å²) in [5, 5.41) is 26.8. The maximum Gasteiger partial charge on any atom is 0.179 e. The highest BCUT2D eigenvalue weighted by atomic mass is 16.5. The van der Waals surface area contributed by atoms with Crippen LogP contribution in [-0.2, 0) is 0 Å². The van der Waals surface area contributed by atoms with Crippen LogP contribution in [0, 0.1) is 23.7 Å². The third-order valence-corrected chi connectivity index (χ3v) is 2.37. The second-order valence-corrected chi connectivity index (χ2v) is 3.34. The highest BCUT2D eigenvalue weighted by Gasteiger charge is 2.06. The lowest BCUT2D eigenvalue weighted by atomic mass is 10.1. The first-order chi connectivity index (χ1) is 7.15. The number of benzene rings is 1. The Bertz CT molecular complexity index is 635. The SMILES string of the molecule is Cc1cccc2cc(C#N)c(=N)n(O)c12. The standard InChI is InChI=1S/C11H9N3O/c1-7-3-2-4-8-5-9(6-12)11(13)14(15)10(7)8/h2-5,13,15H,1H3. The van der Waals surface area contributed by atoms with Crippen molar-refractivity contribution in [3.63, 3.8) is 0 Å². The molecule has 2 N–H and O–H groups in total. The fourth-order valence-electron chi connectivity index (χ4n) is 1.62. The molecule has 2 rings (SSSR count). The van der Waals surface area contributed by atoms with Crippen LogP contribution in [0.15, 0.2) is 24.3 Å². The highest BCUT2D eigenvalue weighted by molar-refractivity contribution is 5.82. The number of hydrogen-bond donors (Lipinski definition) is 2. The zero-order chi connectivity index (χ0) is 11.0. The van der Waals surface area contributed by atoms with Gasteiger partial charge in [-0.2, -0.15) is 9.99 Å². The Kier molecular flexibility index (Phi) is 1.94. The first-order valence-electron chi connectivity index (χ1n) is 4.44. The summed E-state index contributed by atoms with van der Waals surface area (Å²) in [5.41, 5.74) is 1.42. The van der Waals surface area contributed by atoms with Crippen LogP contribution in [0.5, 0.6) is 0 Å². The summed E-state index contributed by atoms with van der Waals surface area (Å²) >= 11 is 0. The van der Waals surface area contributed by atoms with E-state index in [1.165, 1.54) is 0 Å². The van der Waals surface area contributed by atoms with E-state index in [-0.39, 0.29) is 11.1 Å². The first-order valence-corrected chi connectivity index (χ1v) is 4.44. The van der Waals surface area contributed by atoms with Gasteiger partial charge in [-0.05, 0) is 18.6 Å². The van der Waals surface area contributed by atoms with Crippen molar-refractivity contribution in [1.82, 2.24) is 4.73 Å². The van der Waals surface area contributed by atoms with Crippen molar-refractivity contribution >= 4 is 10.9 Å². The van der Waals surface area contributed by atoms with Crippen molar-refractivity contribution < 1.29 is 5.21 Å². The van der Waals surface area contributed by atoms with Gasteiger partial charge in [-0.1, -0.05) is 18.2 Å². The van der Waals surface area contributed by atoms with E-state index in [1.54, 1.807) is 12.1 Å². The predicted molar refractivity (Wildman–Crippen MR) is 54.4 cm³/mol. The Labute approximate surface area is 86.1 Å². The number of fused-ring (bicyclic) bond motifs is 1. The number of nitrogens with one attached hydrogen (secondary N) is 1. The molecule has 1 heterocycles. The molecule has 4 heteroatoms. The van der Waals surface area contributed by atoms with Crippen molar-refractivity contribution in [3.05, 3.63) is 40.9 Å². The van der Waals surface area contributed by atoms with Gasteiger partial charge in [0.15, 0.2) is 5.49 Å². The summed E-state index contributed by atoms with van der Waals surface area (Å²) in [6.45, 7) is 1.85. The molecule has 0 aliphatic heterocycles. The molecule has 0 aliphatic carbocycles. The zero-order valence-electron chi connectivity index (χ0n) is 8.15. The highest BCUT2D eigenvalue weighted by Crippen LogP contribution is 2.16. The maximum absolute atomic E-state index is 9.73. The lowest BCUT2D eigenvalue weighted by Crippen LogP contribution is -2.21. The van der Waals surface area contributed by atoms with Gasteiger partial charge in [-0.3, -0.25) is 5.41 Å². The molecular weight excluding hydrogens is 190 g/mol. The summed E-state index contributed by atoms with van der Waals surface area (Å²) in [6, 6.07) is 8.99. The predicted octanol–water partition coefficient (Wildman–Crippen LogP) is 1.54. The van der Waals surface area contributed by atoms with Gasteiger partial charge in [-0.25, -0.2) is 0 Å². The summed E-state index contributed by atoms with van der Waals surface area (Å²) in [7, 11) is 0. The van der Waals surface area contributed by atoms with Gasteiger partial charge in [0.05, 0.1) is 11.1 Å². The summed E-state index contributed by atoms with van der Waals surface area (Å²) in [6.07, 6.45) is 0. The van der Waals surface area contributed by atoms with Gasteiger partial charge in [0.2, 0.25) is 0 Å². The number of nitriles is 1. The third kappa shape index (κ3) is 1.25. The molecule has 0 radical (unpaired) electrons. The van der Waals surface area contributed by atoms with Crippen molar-refractivity contribution in [2.75, 3.05) is 0 Å². The van der Waals surface area contributed by atoms with Gasteiger partial charge in [-0.15, -0.1) is 0 Å². The second kappa shape index (κ2) is 3.14. The van der Waals surface area contributed by atoms with Crippen LogP contribution in [-0.4, -0.2) is 9.94 Å². The first kappa shape index (κ1) is 9.28. The Morgan fingerprint density at radius 3 is 2.87 bits per heavy atom. The molecule has 4 nitrogen and oxygen atoms in total. The van der Waals surface area contributed by atoms with Crippen LogP contribution >= 0.6 is 0 Å². The Morgan fingerprint density at radius 2 is 2.20 bits per heavy atom. The molecule has 0 saturated carbocycles. The van der Waals surface area contributed by atoms with Crippen LogP contribution in [0.2, 0.25) is 0 Å². The number of hydrogen-bond acceptors (Lipinski definition) is 3. The largest absolute Gasteiger partial charge is 0.426 e. The molecule has 0 bridgehead atoms. The Balaban J connectivity index is 3.06. The van der Waals surface area contributed by atoms with Gasteiger partial charge in [0.1, 0.15) is 6.07 Å². The summed E-state index contributed by atoms with van der Waals surface area (Å²) in [4.78, 5) is 0. The molecule has 1 aromatic carbocycles. The number of aryl methyl sites for hydroxylation is 1. The average molecular weight is 199 g/mol. The molecule has 0 fully saturated rings. The Hall–Kier alpha value is -2.28. The molecule has 0 unspecified atom stereocenters. The van der Waals surface area contributed by atoms with E-state index in [0.717, 1.165) is 15.7 Å². The lowest BCUT2D eigenvalue weighted by molar-refractivity contribution is 0.183. The number of nitrogens with zero attached hydrogens (tertiary/aromatic N) is 2. The normalized spacial score (nSPS) is 10.1. The molecule has 0 atom stereocenters. The molecule has 0 amide bonds. The van der Waals surface area contributed by atoms with Gasteiger partial charge >= 0.3 is 0 Å². The van der Waals surface area contributed by atoms with Gasteiger partial charge in [0, 0.05) is 5.39 Å². The van der Waals surface area contributed by atoms with E-state index in [0.29, 0.717) is 5.52 Å². The smallest absolute Gasteiger partial charge is 0.179 e. The lowest BCUT2D eigenvalue weighted by Gasteiger charge is -2.07. The number of pyridine rings is 1. The molecule has 74 valence electrons. The minimum absolute atomic E-state index is 0.163. The van der Waals surface area contributed by atoms with Gasteiger partial charge in [0.25, 0.3) is 0 Å². The van der Waals surface area contributed by atoms with Crippen LogP contribution < -0.4 is 5.49 Å². The van der Waals surface area contributed by atoms with Crippen molar-refractivity contribution in [1.29, 1.82) is 10.7 Å². The number of aromatic nitrogens is 1. The van der Waals surface area contributed by atoms with Crippen LogP contribution in [0.1, 0.15) is 11.1 Å². The number of rotatable bonds is 0. The molecule has 2 aromatic rings. The fourth-order valence-corrected chi connectivity index (χ4v) is 1.62. The number of para-hydroxylation sites is 1. The van der Waals surface area contributed by atoms with Crippen molar-refractivity contribution in [3.8, 4) is 6.07 Å². The third-order valence-electron chi connectivity index (χ3n) is 2.37. The van der Waals surface area contributed by atoms with E-state index in [4.69, 9.17) is 10.7 Å².